The van der Waals surface area contributed by atoms with Gasteiger partial charge in [-0.25, -0.2) is 4.98 Å². The molecule has 2 aromatic heterocycles. The lowest BCUT2D eigenvalue weighted by atomic mass is 10.2. The van der Waals surface area contributed by atoms with E-state index in [-0.39, 0.29) is 24.0 Å². The number of aromatic nitrogens is 1. The van der Waals surface area contributed by atoms with Crippen LogP contribution in [0.4, 0.5) is 5.00 Å². The normalized spacial score (nSPS) is 14.7. The molecule has 148 valence electrons. The number of rotatable bonds is 4. The van der Waals surface area contributed by atoms with E-state index in [4.69, 9.17) is 4.42 Å². The van der Waals surface area contributed by atoms with Crippen molar-refractivity contribution < 1.29 is 4.42 Å². The van der Waals surface area contributed by atoms with Crippen molar-refractivity contribution in [2.24, 2.45) is 4.99 Å². The molecule has 0 radical (unpaired) electrons. The van der Waals surface area contributed by atoms with Crippen molar-refractivity contribution in [3.05, 3.63) is 59.8 Å². The second-order valence-corrected chi connectivity index (χ2v) is 7.26. The molecule has 3 aromatic rings. The number of oxazole rings is 1. The van der Waals surface area contributed by atoms with Crippen LogP contribution in [0.2, 0.25) is 0 Å². The summed E-state index contributed by atoms with van der Waals surface area (Å²) in [5.41, 5.74) is 1.85. The third kappa shape index (κ3) is 4.85. The highest BCUT2D eigenvalue weighted by atomic mass is 127. The molecule has 1 aromatic carbocycles. The molecule has 1 fully saturated rings. The highest BCUT2D eigenvalue weighted by molar-refractivity contribution is 14.0. The second kappa shape index (κ2) is 9.92. The van der Waals surface area contributed by atoms with Gasteiger partial charge in [0.25, 0.3) is 0 Å². The standard InChI is InChI=1S/C20H23N5OS.HI/c1-21-20(25-11-9-24(10-12-25)18-8-5-13-27-18)22-14-17-15-26-19(23-17)16-6-3-2-4-7-16;/h2-8,13,15H,9-12,14H2,1H3,(H,21,22);1H. The molecule has 1 aliphatic rings. The first-order chi connectivity index (χ1) is 13.3. The van der Waals surface area contributed by atoms with Gasteiger partial charge in [-0.2, -0.15) is 0 Å². The van der Waals surface area contributed by atoms with E-state index in [1.54, 1.807) is 17.6 Å². The number of anilines is 1. The Balaban J connectivity index is 0.00000225. The molecule has 1 aliphatic heterocycles. The molecule has 0 atom stereocenters. The molecule has 8 heteroatoms. The van der Waals surface area contributed by atoms with Gasteiger partial charge in [-0.1, -0.05) is 18.2 Å². The zero-order valence-corrected chi connectivity index (χ0v) is 18.9. The Kier molecular flexibility index (Phi) is 7.32. The monoisotopic (exact) mass is 509 g/mol. The molecule has 0 bridgehead atoms. The van der Waals surface area contributed by atoms with Gasteiger partial charge in [0.15, 0.2) is 5.96 Å². The summed E-state index contributed by atoms with van der Waals surface area (Å²) in [5.74, 6) is 1.55. The number of aliphatic imine (C=N–C) groups is 1. The third-order valence-corrected chi connectivity index (χ3v) is 5.54. The van der Waals surface area contributed by atoms with E-state index in [0.29, 0.717) is 12.4 Å². The summed E-state index contributed by atoms with van der Waals surface area (Å²) >= 11 is 1.80. The summed E-state index contributed by atoms with van der Waals surface area (Å²) in [5, 5.41) is 6.88. The lowest BCUT2D eigenvalue weighted by molar-refractivity contribution is 0.373. The molecule has 0 aliphatic carbocycles. The maximum Gasteiger partial charge on any atom is 0.226 e. The van der Waals surface area contributed by atoms with Crippen molar-refractivity contribution in [3.8, 4) is 11.5 Å². The molecule has 3 heterocycles. The fourth-order valence-corrected chi connectivity index (χ4v) is 3.98. The molecule has 6 nitrogen and oxygen atoms in total. The van der Waals surface area contributed by atoms with Gasteiger partial charge in [0, 0.05) is 38.8 Å². The molecule has 28 heavy (non-hydrogen) atoms. The third-order valence-electron chi connectivity index (χ3n) is 4.61. The topological polar surface area (TPSA) is 56.9 Å². The Morgan fingerprint density at radius 2 is 1.93 bits per heavy atom. The Labute approximate surface area is 186 Å². The number of hydrogen-bond donors (Lipinski definition) is 1. The Bertz CT molecular complexity index is 873. The average molecular weight is 509 g/mol. The van der Waals surface area contributed by atoms with E-state index in [9.17, 15) is 0 Å². The van der Waals surface area contributed by atoms with Crippen LogP contribution in [-0.4, -0.2) is 49.1 Å². The Hall–Kier alpha value is -2.07. The quantitative estimate of drug-likeness (QED) is 0.329. The lowest BCUT2D eigenvalue weighted by Crippen LogP contribution is -2.52. The first-order valence-corrected chi connectivity index (χ1v) is 9.95. The second-order valence-electron chi connectivity index (χ2n) is 6.34. The number of hydrogen-bond acceptors (Lipinski definition) is 5. The number of nitrogens with zero attached hydrogens (tertiary/aromatic N) is 4. The van der Waals surface area contributed by atoms with E-state index >= 15 is 0 Å². The number of thiophene rings is 1. The van der Waals surface area contributed by atoms with Crippen LogP contribution in [-0.2, 0) is 6.54 Å². The fraction of sp³-hybridized carbons (Fsp3) is 0.300. The van der Waals surface area contributed by atoms with E-state index in [0.717, 1.165) is 43.4 Å². The van der Waals surface area contributed by atoms with Crippen molar-refractivity contribution in [2.75, 3.05) is 38.1 Å². The fourth-order valence-electron chi connectivity index (χ4n) is 3.19. The van der Waals surface area contributed by atoms with Crippen LogP contribution in [0.5, 0.6) is 0 Å². The van der Waals surface area contributed by atoms with Crippen LogP contribution >= 0.6 is 35.3 Å². The molecule has 4 rings (SSSR count). The van der Waals surface area contributed by atoms with Gasteiger partial charge in [-0.05, 0) is 29.6 Å². The van der Waals surface area contributed by atoms with Crippen LogP contribution < -0.4 is 10.2 Å². The molecule has 0 amide bonds. The van der Waals surface area contributed by atoms with Crippen molar-refractivity contribution in [1.29, 1.82) is 0 Å². The predicted octanol–water partition coefficient (Wildman–Crippen LogP) is 3.92. The van der Waals surface area contributed by atoms with Gasteiger partial charge in [0.2, 0.25) is 5.89 Å². The minimum atomic E-state index is 0. The smallest absolute Gasteiger partial charge is 0.226 e. The molecule has 1 saturated heterocycles. The Morgan fingerprint density at radius 3 is 2.61 bits per heavy atom. The number of nitrogens with one attached hydrogen (secondary N) is 1. The van der Waals surface area contributed by atoms with E-state index in [2.05, 4.69) is 42.6 Å². The summed E-state index contributed by atoms with van der Waals surface area (Å²) in [7, 11) is 1.83. The minimum Gasteiger partial charge on any atom is -0.444 e. The van der Waals surface area contributed by atoms with Gasteiger partial charge in [0.05, 0.1) is 17.2 Å². The molecular formula is C20H24IN5OS. The molecule has 0 spiro atoms. The van der Waals surface area contributed by atoms with Crippen LogP contribution in [0, 0.1) is 0 Å². The highest BCUT2D eigenvalue weighted by Crippen LogP contribution is 2.22. The molecule has 0 unspecified atom stereocenters. The van der Waals surface area contributed by atoms with Crippen LogP contribution in [0.1, 0.15) is 5.69 Å². The van der Waals surface area contributed by atoms with Crippen molar-refractivity contribution in [1.82, 2.24) is 15.2 Å². The number of benzene rings is 1. The maximum atomic E-state index is 5.61. The van der Waals surface area contributed by atoms with E-state index < -0.39 is 0 Å². The van der Waals surface area contributed by atoms with E-state index in [1.807, 2.05) is 37.4 Å². The summed E-state index contributed by atoms with van der Waals surface area (Å²) in [6.45, 7) is 4.50. The number of halogens is 1. The van der Waals surface area contributed by atoms with Crippen molar-refractivity contribution >= 4 is 46.3 Å². The van der Waals surface area contributed by atoms with Gasteiger partial charge in [0.1, 0.15) is 6.26 Å². The lowest BCUT2D eigenvalue weighted by Gasteiger charge is -2.36. The zero-order chi connectivity index (χ0) is 18.5. The number of guanidine groups is 1. The molecular weight excluding hydrogens is 485 g/mol. The predicted molar refractivity (Wildman–Crippen MR) is 126 cm³/mol. The first kappa shape index (κ1) is 20.7. The SMILES string of the molecule is CN=C(NCc1coc(-c2ccccc2)n1)N1CCN(c2cccs2)CC1.I. The Morgan fingerprint density at radius 1 is 1.14 bits per heavy atom. The van der Waals surface area contributed by atoms with E-state index in [1.165, 1.54) is 5.00 Å². The zero-order valence-electron chi connectivity index (χ0n) is 15.7. The first-order valence-electron chi connectivity index (χ1n) is 9.07. The summed E-state index contributed by atoms with van der Waals surface area (Å²) in [6.07, 6.45) is 1.71. The van der Waals surface area contributed by atoms with Crippen molar-refractivity contribution in [2.45, 2.75) is 6.54 Å². The van der Waals surface area contributed by atoms with Gasteiger partial charge in [-0.15, -0.1) is 35.3 Å². The molecule has 0 saturated carbocycles. The summed E-state index contributed by atoms with van der Waals surface area (Å²) < 4.78 is 5.61. The van der Waals surface area contributed by atoms with Crippen molar-refractivity contribution in [3.63, 3.8) is 0 Å². The summed E-state index contributed by atoms with van der Waals surface area (Å²) in [6, 6.07) is 14.2. The average Bonchev–Trinajstić information content (AvgIpc) is 3.42. The highest BCUT2D eigenvalue weighted by Gasteiger charge is 2.20. The molecule has 1 N–H and O–H groups in total. The van der Waals surface area contributed by atoms with Gasteiger partial charge < -0.3 is 19.5 Å². The van der Waals surface area contributed by atoms with Gasteiger partial charge in [-0.3, -0.25) is 4.99 Å². The van der Waals surface area contributed by atoms with Crippen LogP contribution in [0.25, 0.3) is 11.5 Å². The largest absolute Gasteiger partial charge is 0.444 e. The van der Waals surface area contributed by atoms with Crippen LogP contribution in [0.3, 0.4) is 0 Å². The number of piperazine rings is 1. The summed E-state index contributed by atoms with van der Waals surface area (Å²) in [4.78, 5) is 13.7. The van der Waals surface area contributed by atoms with Gasteiger partial charge >= 0.3 is 0 Å². The van der Waals surface area contributed by atoms with Crippen LogP contribution in [0.15, 0.2) is 63.5 Å². The minimum absolute atomic E-state index is 0. The maximum absolute atomic E-state index is 5.61.